The summed E-state index contributed by atoms with van der Waals surface area (Å²) in [6, 6.07) is 0.338. The minimum atomic E-state index is -0.182. The van der Waals surface area contributed by atoms with Crippen molar-refractivity contribution in [1.29, 1.82) is 0 Å². The smallest absolute Gasteiger partial charge is 0.323 e. The van der Waals surface area contributed by atoms with Gasteiger partial charge in [-0.3, -0.25) is 4.79 Å². The van der Waals surface area contributed by atoms with Crippen molar-refractivity contribution in [2.24, 2.45) is 0 Å². The van der Waals surface area contributed by atoms with E-state index in [1.54, 1.807) is 0 Å². The van der Waals surface area contributed by atoms with Gasteiger partial charge in [-0.05, 0) is 39.0 Å². The Morgan fingerprint density at radius 3 is 2.61 bits per heavy atom. The summed E-state index contributed by atoms with van der Waals surface area (Å²) in [6.07, 6.45) is 8.44. The van der Waals surface area contributed by atoms with Gasteiger partial charge in [0, 0.05) is 12.6 Å². The van der Waals surface area contributed by atoms with Crippen LogP contribution in [0.3, 0.4) is 0 Å². The highest BCUT2D eigenvalue weighted by molar-refractivity contribution is 5.75. The minimum Gasteiger partial charge on any atom is -0.465 e. The first kappa shape index (κ1) is 13.8. The Balaban J connectivity index is 1.67. The maximum absolute atomic E-state index is 11.8. The first-order valence-electron chi connectivity index (χ1n) is 7.34. The van der Waals surface area contributed by atoms with Gasteiger partial charge in [0.15, 0.2) is 0 Å². The molecule has 2 fully saturated rings. The standard InChI is InChI=1S/C14H25NO3/c1-2-17-14(16)13(15-11-7-8-11)9-10-18-12-5-3-4-6-12/h11-13,15H,2-10H2,1H3. The second-order valence-corrected chi connectivity index (χ2v) is 5.31. The van der Waals surface area contributed by atoms with Gasteiger partial charge >= 0.3 is 5.97 Å². The summed E-state index contributed by atoms with van der Waals surface area (Å²) in [4.78, 5) is 11.8. The van der Waals surface area contributed by atoms with Gasteiger partial charge in [-0.1, -0.05) is 12.8 Å². The summed E-state index contributed by atoms with van der Waals surface area (Å²) in [5.41, 5.74) is 0. The summed E-state index contributed by atoms with van der Waals surface area (Å²) in [5, 5.41) is 3.35. The maximum Gasteiger partial charge on any atom is 0.323 e. The van der Waals surface area contributed by atoms with Crippen molar-refractivity contribution < 1.29 is 14.3 Å². The second-order valence-electron chi connectivity index (χ2n) is 5.31. The number of rotatable bonds is 8. The van der Waals surface area contributed by atoms with Gasteiger partial charge < -0.3 is 14.8 Å². The van der Waals surface area contributed by atoms with E-state index in [-0.39, 0.29) is 12.0 Å². The van der Waals surface area contributed by atoms with E-state index >= 15 is 0 Å². The van der Waals surface area contributed by atoms with Crippen LogP contribution >= 0.6 is 0 Å². The zero-order valence-electron chi connectivity index (χ0n) is 11.3. The first-order chi connectivity index (χ1) is 8.79. The summed E-state index contributed by atoms with van der Waals surface area (Å²) in [5.74, 6) is -0.126. The molecule has 4 heteroatoms. The first-order valence-corrected chi connectivity index (χ1v) is 7.34. The van der Waals surface area contributed by atoms with Crippen LogP contribution in [0.5, 0.6) is 0 Å². The fourth-order valence-electron chi connectivity index (χ4n) is 2.45. The summed E-state index contributed by atoms with van der Waals surface area (Å²) < 4.78 is 10.9. The third kappa shape index (κ3) is 4.58. The van der Waals surface area contributed by atoms with E-state index in [9.17, 15) is 4.79 Å². The van der Waals surface area contributed by atoms with Crippen LogP contribution in [0.2, 0.25) is 0 Å². The van der Waals surface area contributed by atoms with Gasteiger partial charge in [-0.25, -0.2) is 0 Å². The van der Waals surface area contributed by atoms with E-state index in [0.717, 1.165) is 6.42 Å². The molecule has 2 rings (SSSR count). The molecule has 104 valence electrons. The Morgan fingerprint density at radius 1 is 1.28 bits per heavy atom. The van der Waals surface area contributed by atoms with Gasteiger partial charge in [0.25, 0.3) is 0 Å². The van der Waals surface area contributed by atoms with Gasteiger partial charge in [0.05, 0.1) is 12.7 Å². The Hall–Kier alpha value is -0.610. The van der Waals surface area contributed by atoms with Gasteiger partial charge in [0.2, 0.25) is 0 Å². The molecular weight excluding hydrogens is 230 g/mol. The molecule has 2 saturated carbocycles. The lowest BCUT2D eigenvalue weighted by molar-refractivity contribution is -0.146. The van der Waals surface area contributed by atoms with Crippen LogP contribution in [0.25, 0.3) is 0 Å². The van der Waals surface area contributed by atoms with E-state index in [1.807, 2.05) is 6.92 Å². The fourth-order valence-corrected chi connectivity index (χ4v) is 2.45. The van der Waals surface area contributed by atoms with Crippen molar-refractivity contribution in [3.8, 4) is 0 Å². The summed E-state index contributed by atoms with van der Waals surface area (Å²) in [6.45, 7) is 2.96. The molecule has 0 aromatic rings. The molecule has 2 aliphatic carbocycles. The number of hydrogen-bond acceptors (Lipinski definition) is 4. The molecule has 0 amide bonds. The van der Waals surface area contributed by atoms with Crippen LogP contribution in [0.1, 0.15) is 51.9 Å². The Labute approximate surface area is 109 Å². The van der Waals surface area contributed by atoms with Crippen molar-refractivity contribution >= 4 is 5.97 Å². The number of ether oxygens (including phenoxy) is 2. The average Bonchev–Trinajstić information content (AvgIpc) is 3.02. The van der Waals surface area contributed by atoms with Gasteiger partial charge in [-0.15, -0.1) is 0 Å². The third-order valence-electron chi connectivity index (χ3n) is 3.65. The van der Waals surface area contributed by atoms with Crippen molar-refractivity contribution in [2.45, 2.75) is 70.1 Å². The van der Waals surface area contributed by atoms with Crippen LogP contribution in [0.15, 0.2) is 0 Å². The van der Waals surface area contributed by atoms with Crippen molar-refractivity contribution in [2.75, 3.05) is 13.2 Å². The zero-order chi connectivity index (χ0) is 12.8. The van der Waals surface area contributed by atoms with E-state index < -0.39 is 0 Å². The van der Waals surface area contributed by atoms with Crippen LogP contribution in [-0.4, -0.2) is 37.4 Å². The highest BCUT2D eigenvalue weighted by atomic mass is 16.5. The van der Waals surface area contributed by atoms with E-state index in [0.29, 0.717) is 25.4 Å². The van der Waals surface area contributed by atoms with Gasteiger partial charge in [-0.2, -0.15) is 0 Å². The average molecular weight is 255 g/mol. The fraction of sp³-hybridized carbons (Fsp3) is 0.929. The molecule has 0 saturated heterocycles. The molecule has 0 radical (unpaired) electrons. The number of carbonyl (C=O) groups excluding carboxylic acids is 1. The lowest BCUT2D eigenvalue weighted by Crippen LogP contribution is -2.40. The number of esters is 1. The van der Waals surface area contributed by atoms with Crippen molar-refractivity contribution in [1.82, 2.24) is 5.32 Å². The highest BCUT2D eigenvalue weighted by Gasteiger charge is 2.29. The molecule has 0 spiro atoms. The summed E-state index contributed by atoms with van der Waals surface area (Å²) >= 11 is 0. The molecule has 0 bridgehead atoms. The zero-order valence-corrected chi connectivity index (χ0v) is 11.3. The number of carbonyl (C=O) groups is 1. The maximum atomic E-state index is 11.8. The van der Waals surface area contributed by atoms with Crippen molar-refractivity contribution in [3.63, 3.8) is 0 Å². The molecule has 1 atom stereocenters. The molecule has 1 unspecified atom stereocenters. The normalized spacial score (nSPS) is 22.1. The predicted molar refractivity (Wildman–Crippen MR) is 69.4 cm³/mol. The van der Waals surface area contributed by atoms with Crippen LogP contribution in [0, 0.1) is 0 Å². The molecule has 18 heavy (non-hydrogen) atoms. The van der Waals surface area contributed by atoms with Gasteiger partial charge in [0.1, 0.15) is 6.04 Å². The molecule has 0 heterocycles. The SMILES string of the molecule is CCOC(=O)C(CCOC1CCCC1)NC1CC1. The molecular formula is C14H25NO3. The molecule has 0 aromatic carbocycles. The molecule has 0 aliphatic heterocycles. The quantitative estimate of drug-likeness (QED) is 0.674. The van der Waals surface area contributed by atoms with Crippen LogP contribution in [0.4, 0.5) is 0 Å². The van der Waals surface area contributed by atoms with Crippen molar-refractivity contribution in [3.05, 3.63) is 0 Å². The largest absolute Gasteiger partial charge is 0.465 e. The lowest BCUT2D eigenvalue weighted by atomic mass is 10.2. The van der Waals surface area contributed by atoms with Crippen LogP contribution in [-0.2, 0) is 14.3 Å². The van der Waals surface area contributed by atoms with Crippen LogP contribution < -0.4 is 5.32 Å². The topological polar surface area (TPSA) is 47.6 Å². The Kier molecular flexibility index (Phi) is 5.45. The van der Waals surface area contributed by atoms with E-state index in [1.165, 1.54) is 38.5 Å². The predicted octanol–water partition coefficient (Wildman–Crippen LogP) is 2.02. The lowest BCUT2D eigenvalue weighted by Gasteiger charge is -2.18. The highest BCUT2D eigenvalue weighted by Crippen LogP contribution is 2.22. The molecule has 2 aliphatic rings. The molecule has 1 N–H and O–H groups in total. The monoisotopic (exact) mass is 255 g/mol. The summed E-state index contributed by atoms with van der Waals surface area (Å²) in [7, 11) is 0. The second kappa shape index (κ2) is 7.10. The minimum absolute atomic E-state index is 0.126. The Morgan fingerprint density at radius 2 is 2.00 bits per heavy atom. The molecule has 4 nitrogen and oxygen atoms in total. The Bertz CT molecular complexity index is 260. The number of hydrogen-bond donors (Lipinski definition) is 1. The molecule has 0 aromatic heterocycles. The number of nitrogens with one attached hydrogen (secondary N) is 1. The van der Waals surface area contributed by atoms with E-state index in [2.05, 4.69) is 5.32 Å². The third-order valence-corrected chi connectivity index (χ3v) is 3.65. The van der Waals surface area contributed by atoms with E-state index in [4.69, 9.17) is 9.47 Å².